The molecule has 0 fully saturated rings. The highest BCUT2D eigenvalue weighted by Crippen LogP contribution is 2.40. The van der Waals surface area contributed by atoms with Crippen LogP contribution in [0, 0.1) is 5.92 Å². The van der Waals surface area contributed by atoms with Crippen molar-refractivity contribution in [2.45, 2.75) is 38.8 Å². The van der Waals surface area contributed by atoms with E-state index in [9.17, 15) is 13.2 Å². The lowest BCUT2D eigenvalue weighted by atomic mass is 9.90. The molecule has 0 aliphatic heterocycles. The lowest BCUT2D eigenvalue weighted by Crippen LogP contribution is -2.06. The molecular formula is C13H15F3. The molecule has 0 nitrogen and oxygen atoms in total. The fourth-order valence-corrected chi connectivity index (χ4v) is 2.52. The lowest BCUT2D eigenvalue weighted by molar-refractivity contribution is -0.137. The number of alkyl halides is 3. The summed E-state index contributed by atoms with van der Waals surface area (Å²) < 4.78 is 37.5. The second-order valence-electron chi connectivity index (χ2n) is 4.80. The first kappa shape index (κ1) is 11.5. The van der Waals surface area contributed by atoms with Crippen LogP contribution >= 0.6 is 0 Å². The van der Waals surface area contributed by atoms with Gasteiger partial charge in [-0.25, -0.2) is 0 Å². The van der Waals surface area contributed by atoms with Crippen LogP contribution in [0.15, 0.2) is 18.2 Å². The predicted octanol–water partition coefficient (Wildman–Crippen LogP) is 4.39. The molecule has 0 heterocycles. The van der Waals surface area contributed by atoms with Crippen LogP contribution in [0.2, 0.25) is 0 Å². The molecule has 0 aromatic heterocycles. The summed E-state index contributed by atoms with van der Waals surface area (Å²) in [5.74, 6) is 0.926. The number of hydrogen-bond acceptors (Lipinski definition) is 0. The zero-order valence-corrected chi connectivity index (χ0v) is 9.43. The van der Waals surface area contributed by atoms with Gasteiger partial charge in [-0.2, -0.15) is 13.2 Å². The fourth-order valence-electron chi connectivity index (χ4n) is 2.52. The van der Waals surface area contributed by atoms with E-state index in [4.69, 9.17) is 0 Å². The van der Waals surface area contributed by atoms with E-state index in [1.54, 1.807) is 6.07 Å². The molecule has 1 atom stereocenters. The Morgan fingerprint density at radius 1 is 1.25 bits per heavy atom. The molecule has 0 bridgehead atoms. The van der Waals surface area contributed by atoms with E-state index in [0.29, 0.717) is 11.8 Å². The van der Waals surface area contributed by atoms with Crippen molar-refractivity contribution < 1.29 is 13.2 Å². The molecule has 2 rings (SSSR count). The highest BCUT2D eigenvalue weighted by molar-refractivity contribution is 5.39. The maximum absolute atomic E-state index is 12.5. The van der Waals surface area contributed by atoms with E-state index in [0.717, 1.165) is 24.0 Å². The normalized spacial score (nSPS) is 20.2. The topological polar surface area (TPSA) is 0 Å². The maximum atomic E-state index is 12.5. The second kappa shape index (κ2) is 3.79. The number of aryl methyl sites for hydroxylation is 1. The summed E-state index contributed by atoms with van der Waals surface area (Å²) in [6.07, 6.45) is -2.46. The largest absolute Gasteiger partial charge is 0.416 e. The summed E-state index contributed by atoms with van der Waals surface area (Å²) in [4.78, 5) is 0. The summed E-state index contributed by atoms with van der Waals surface area (Å²) in [5.41, 5.74) is 1.48. The molecule has 1 unspecified atom stereocenters. The summed E-state index contributed by atoms with van der Waals surface area (Å²) in [7, 11) is 0. The monoisotopic (exact) mass is 228 g/mol. The van der Waals surface area contributed by atoms with E-state index < -0.39 is 11.7 Å². The van der Waals surface area contributed by atoms with Crippen molar-refractivity contribution in [1.82, 2.24) is 0 Å². The zero-order chi connectivity index (χ0) is 11.9. The van der Waals surface area contributed by atoms with Crippen molar-refractivity contribution in [2.24, 2.45) is 5.92 Å². The van der Waals surface area contributed by atoms with E-state index in [1.165, 1.54) is 12.1 Å². The molecule has 3 heteroatoms. The SMILES string of the molecule is CC(C)C1CCc2cc(C(F)(F)F)ccc21. The van der Waals surface area contributed by atoms with Crippen LogP contribution in [-0.2, 0) is 12.6 Å². The van der Waals surface area contributed by atoms with Gasteiger partial charge in [-0.1, -0.05) is 19.9 Å². The third kappa shape index (κ3) is 1.95. The molecule has 1 aliphatic carbocycles. The van der Waals surface area contributed by atoms with E-state index >= 15 is 0 Å². The molecular weight excluding hydrogens is 213 g/mol. The van der Waals surface area contributed by atoms with Crippen molar-refractivity contribution in [1.29, 1.82) is 0 Å². The fraction of sp³-hybridized carbons (Fsp3) is 0.538. The van der Waals surface area contributed by atoms with Crippen LogP contribution < -0.4 is 0 Å². The molecule has 0 saturated heterocycles. The van der Waals surface area contributed by atoms with Gasteiger partial charge in [-0.3, -0.25) is 0 Å². The number of benzene rings is 1. The summed E-state index contributed by atoms with van der Waals surface area (Å²) >= 11 is 0. The Morgan fingerprint density at radius 3 is 2.50 bits per heavy atom. The van der Waals surface area contributed by atoms with Crippen molar-refractivity contribution >= 4 is 0 Å². The number of halogens is 3. The van der Waals surface area contributed by atoms with Gasteiger partial charge < -0.3 is 0 Å². The van der Waals surface area contributed by atoms with Crippen LogP contribution in [0.3, 0.4) is 0 Å². The summed E-state index contributed by atoms with van der Waals surface area (Å²) in [5, 5.41) is 0. The Labute approximate surface area is 93.5 Å². The predicted molar refractivity (Wildman–Crippen MR) is 57.3 cm³/mol. The highest BCUT2D eigenvalue weighted by atomic mass is 19.4. The van der Waals surface area contributed by atoms with Crippen LogP contribution in [-0.4, -0.2) is 0 Å². The number of hydrogen-bond donors (Lipinski definition) is 0. The minimum atomic E-state index is -4.22. The van der Waals surface area contributed by atoms with Crippen molar-refractivity contribution in [3.63, 3.8) is 0 Å². The molecule has 0 spiro atoms. The van der Waals surface area contributed by atoms with Gasteiger partial charge in [0, 0.05) is 0 Å². The van der Waals surface area contributed by atoms with Gasteiger partial charge >= 0.3 is 6.18 Å². The molecule has 0 radical (unpaired) electrons. The first-order valence-electron chi connectivity index (χ1n) is 5.59. The Kier molecular flexibility index (Phi) is 2.72. The van der Waals surface area contributed by atoms with Crippen molar-refractivity contribution in [3.8, 4) is 0 Å². The van der Waals surface area contributed by atoms with Crippen molar-refractivity contribution in [2.75, 3.05) is 0 Å². The Bertz CT molecular complexity index is 391. The average molecular weight is 228 g/mol. The van der Waals surface area contributed by atoms with Gasteiger partial charge in [-0.15, -0.1) is 0 Å². The quantitative estimate of drug-likeness (QED) is 0.668. The Balaban J connectivity index is 2.37. The van der Waals surface area contributed by atoms with Crippen LogP contribution in [0.4, 0.5) is 13.2 Å². The van der Waals surface area contributed by atoms with Gasteiger partial charge in [0.2, 0.25) is 0 Å². The third-order valence-electron chi connectivity index (χ3n) is 3.40. The number of fused-ring (bicyclic) bond motifs is 1. The molecule has 1 aromatic rings. The standard InChI is InChI=1S/C13H15F3/c1-8(2)11-5-3-9-7-10(13(14,15)16)4-6-12(9)11/h4,6-8,11H,3,5H2,1-2H3. The second-order valence-corrected chi connectivity index (χ2v) is 4.80. The van der Waals surface area contributed by atoms with Gasteiger partial charge in [-0.05, 0) is 47.9 Å². The lowest BCUT2D eigenvalue weighted by Gasteiger charge is -2.16. The molecule has 88 valence electrons. The minimum Gasteiger partial charge on any atom is -0.166 e. The molecule has 0 N–H and O–H groups in total. The minimum absolute atomic E-state index is 0.428. The summed E-state index contributed by atoms with van der Waals surface area (Å²) in [6, 6.07) is 4.19. The number of rotatable bonds is 1. The summed E-state index contributed by atoms with van der Waals surface area (Å²) in [6.45, 7) is 4.24. The van der Waals surface area contributed by atoms with Gasteiger partial charge in [0.15, 0.2) is 0 Å². The third-order valence-corrected chi connectivity index (χ3v) is 3.40. The van der Waals surface area contributed by atoms with Crippen LogP contribution in [0.25, 0.3) is 0 Å². The first-order valence-corrected chi connectivity index (χ1v) is 5.59. The molecule has 1 aromatic carbocycles. The smallest absolute Gasteiger partial charge is 0.166 e. The van der Waals surface area contributed by atoms with E-state index in [-0.39, 0.29) is 0 Å². The highest BCUT2D eigenvalue weighted by Gasteiger charge is 2.33. The average Bonchev–Trinajstić information content (AvgIpc) is 2.58. The van der Waals surface area contributed by atoms with Gasteiger partial charge in [0.25, 0.3) is 0 Å². The molecule has 16 heavy (non-hydrogen) atoms. The molecule has 0 amide bonds. The van der Waals surface area contributed by atoms with E-state index in [2.05, 4.69) is 13.8 Å². The molecule has 1 aliphatic rings. The van der Waals surface area contributed by atoms with Crippen molar-refractivity contribution in [3.05, 3.63) is 34.9 Å². The van der Waals surface area contributed by atoms with Crippen LogP contribution in [0.1, 0.15) is 42.9 Å². The van der Waals surface area contributed by atoms with Gasteiger partial charge in [0.1, 0.15) is 0 Å². The van der Waals surface area contributed by atoms with Crippen LogP contribution in [0.5, 0.6) is 0 Å². The zero-order valence-electron chi connectivity index (χ0n) is 9.43. The molecule has 0 saturated carbocycles. The van der Waals surface area contributed by atoms with E-state index in [1.807, 2.05) is 0 Å². The van der Waals surface area contributed by atoms with Gasteiger partial charge in [0.05, 0.1) is 5.56 Å². The maximum Gasteiger partial charge on any atom is 0.416 e. The Morgan fingerprint density at radius 2 is 1.94 bits per heavy atom. The first-order chi connectivity index (χ1) is 7.39. The Hall–Kier alpha value is -0.990.